The third-order valence-corrected chi connectivity index (χ3v) is 4.09. The first-order chi connectivity index (χ1) is 9.65. The molecule has 0 spiro atoms. The molecule has 1 N–H and O–H groups in total. The summed E-state index contributed by atoms with van der Waals surface area (Å²) >= 11 is 0. The van der Waals surface area contributed by atoms with E-state index in [0.29, 0.717) is 6.54 Å². The SMILES string of the molecule is CCCN(Cc1ccccc1)C(=O)C1(C)CCCCN1. The quantitative estimate of drug-likeness (QED) is 0.895. The first-order valence-corrected chi connectivity index (χ1v) is 7.74. The number of nitrogens with zero attached hydrogens (tertiary/aromatic N) is 1. The van der Waals surface area contributed by atoms with Gasteiger partial charge in [0.2, 0.25) is 5.91 Å². The molecule has 1 amide bonds. The van der Waals surface area contributed by atoms with Gasteiger partial charge in [-0.3, -0.25) is 4.79 Å². The molecule has 1 unspecified atom stereocenters. The number of carbonyl (C=O) groups is 1. The lowest BCUT2D eigenvalue weighted by atomic mass is 9.89. The summed E-state index contributed by atoms with van der Waals surface area (Å²) in [5.74, 6) is 0.253. The molecule has 1 aliphatic rings. The lowest BCUT2D eigenvalue weighted by molar-refractivity contribution is -0.139. The molecule has 110 valence electrons. The highest BCUT2D eigenvalue weighted by atomic mass is 16.2. The van der Waals surface area contributed by atoms with E-state index >= 15 is 0 Å². The summed E-state index contributed by atoms with van der Waals surface area (Å²) in [6, 6.07) is 10.3. The number of piperidine rings is 1. The highest BCUT2D eigenvalue weighted by molar-refractivity contribution is 5.86. The van der Waals surface area contributed by atoms with E-state index in [0.717, 1.165) is 32.4 Å². The summed E-state index contributed by atoms with van der Waals surface area (Å²) < 4.78 is 0. The predicted molar refractivity (Wildman–Crippen MR) is 82.4 cm³/mol. The second-order valence-electron chi connectivity index (χ2n) is 5.93. The van der Waals surface area contributed by atoms with E-state index in [1.54, 1.807) is 0 Å². The number of hydrogen-bond donors (Lipinski definition) is 1. The fraction of sp³-hybridized carbons (Fsp3) is 0.588. The van der Waals surface area contributed by atoms with Gasteiger partial charge in [0.25, 0.3) is 0 Å². The Kier molecular flexibility index (Phi) is 5.18. The molecular formula is C17H26N2O. The average molecular weight is 274 g/mol. The standard InChI is InChI=1S/C17H26N2O/c1-3-13-19(14-15-9-5-4-6-10-15)16(20)17(2)11-7-8-12-18-17/h4-6,9-10,18H,3,7-8,11-14H2,1-2H3. The molecule has 1 aromatic carbocycles. The van der Waals surface area contributed by atoms with Gasteiger partial charge in [-0.15, -0.1) is 0 Å². The van der Waals surface area contributed by atoms with E-state index in [1.165, 1.54) is 12.0 Å². The lowest BCUT2D eigenvalue weighted by Crippen LogP contribution is -2.57. The molecule has 3 heteroatoms. The Bertz CT molecular complexity index is 424. The summed E-state index contributed by atoms with van der Waals surface area (Å²) in [6.07, 6.45) is 4.26. The van der Waals surface area contributed by atoms with Crippen LogP contribution in [-0.4, -0.2) is 29.4 Å². The van der Waals surface area contributed by atoms with Gasteiger partial charge in [0.1, 0.15) is 0 Å². The van der Waals surface area contributed by atoms with Crippen molar-refractivity contribution >= 4 is 5.91 Å². The third-order valence-electron chi connectivity index (χ3n) is 4.09. The molecule has 1 atom stereocenters. The van der Waals surface area contributed by atoms with Crippen LogP contribution in [0.4, 0.5) is 0 Å². The molecule has 20 heavy (non-hydrogen) atoms. The molecular weight excluding hydrogens is 248 g/mol. The Morgan fingerprint density at radius 3 is 2.65 bits per heavy atom. The van der Waals surface area contributed by atoms with Crippen molar-refractivity contribution in [3.8, 4) is 0 Å². The fourth-order valence-corrected chi connectivity index (χ4v) is 2.91. The van der Waals surface area contributed by atoms with E-state index in [1.807, 2.05) is 23.1 Å². The van der Waals surface area contributed by atoms with Crippen LogP contribution in [0.2, 0.25) is 0 Å². The van der Waals surface area contributed by atoms with E-state index < -0.39 is 0 Å². The fourth-order valence-electron chi connectivity index (χ4n) is 2.91. The maximum absolute atomic E-state index is 12.9. The van der Waals surface area contributed by atoms with E-state index in [2.05, 4.69) is 31.3 Å². The van der Waals surface area contributed by atoms with Gasteiger partial charge in [0.15, 0.2) is 0 Å². The van der Waals surface area contributed by atoms with Crippen LogP contribution in [-0.2, 0) is 11.3 Å². The maximum Gasteiger partial charge on any atom is 0.242 e. The Balaban J connectivity index is 2.09. The van der Waals surface area contributed by atoms with Gasteiger partial charge in [0, 0.05) is 13.1 Å². The molecule has 3 nitrogen and oxygen atoms in total. The van der Waals surface area contributed by atoms with Gasteiger partial charge in [-0.05, 0) is 44.7 Å². The molecule has 0 aromatic heterocycles. The molecule has 0 saturated carbocycles. The molecule has 2 rings (SSSR count). The van der Waals surface area contributed by atoms with Gasteiger partial charge >= 0.3 is 0 Å². The van der Waals surface area contributed by atoms with Crippen molar-refractivity contribution in [2.24, 2.45) is 0 Å². The molecule has 1 fully saturated rings. The Labute approximate surface area is 122 Å². The number of hydrogen-bond acceptors (Lipinski definition) is 2. The van der Waals surface area contributed by atoms with Gasteiger partial charge in [-0.25, -0.2) is 0 Å². The van der Waals surface area contributed by atoms with Crippen molar-refractivity contribution in [2.75, 3.05) is 13.1 Å². The van der Waals surface area contributed by atoms with Crippen LogP contribution in [0.3, 0.4) is 0 Å². The minimum Gasteiger partial charge on any atom is -0.337 e. The maximum atomic E-state index is 12.9. The van der Waals surface area contributed by atoms with Crippen LogP contribution in [0.15, 0.2) is 30.3 Å². The van der Waals surface area contributed by atoms with Gasteiger partial charge < -0.3 is 10.2 Å². The monoisotopic (exact) mass is 274 g/mol. The van der Waals surface area contributed by atoms with Crippen molar-refractivity contribution in [1.29, 1.82) is 0 Å². The largest absolute Gasteiger partial charge is 0.337 e. The summed E-state index contributed by atoms with van der Waals surface area (Å²) in [4.78, 5) is 14.9. The summed E-state index contributed by atoms with van der Waals surface area (Å²) in [6.45, 7) is 6.67. The van der Waals surface area contributed by atoms with E-state index in [4.69, 9.17) is 0 Å². The van der Waals surface area contributed by atoms with Crippen molar-refractivity contribution < 1.29 is 4.79 Å². The van der Waals surface area contributed by atoms with Crippen LogP contribution in [0.1, 0.15) is 45.1 Å². The zero-order valence-corrected chi connectivity index (χ0v) is 12.7. The Hall–Kier alpha value is -1.35. The zero-order valence-electron chi connectivity index (χ0n) is 12.7. The van der Waals surface area contributed by atoms with Gasteiger partial charge in [-0.2, -0.15) is 0 Å². The molecule has 1 saturated heterocycles. The Morgan fingerprint density at radius 2 is 2.05 bits per heavy atom. The molecule has 1 aromatic rings. The van der Waals surface area contributed by atoms with E-state index in [9.17, 15) is 4.79 Å². The Morgan fingerprint density at radius 1 is 1.30 bits per heavy atom. The van der Waals surface area contributed by atoms with Crippen LogP contribution in [0, 0.1) is 0 Å². The van der Waals surface area contributed by atoms with Crippen molar-refractivity contribution in [3.05, 3.63) is 35.9 Å². The van der Waals surface area contributed by atoms with Gasteiger partial charge in [0.05, 0.1) is 5.54 Å². The summed E-state index contributed by atoms with van der Waals surface area (Å²) in [5, 5.41) is 3.43. The number of rotatable bonds is 5. The normalized spacial score (nSPS) is 22.5. The number of benzene rings is 1. The second kappa shape index (κ2) is 6.89. The van der Waals surface area contributed by atoms with Crippen molar-refractivity contribution in [3.63, 3.8) is 0 Å². The van der Waals surface area contributed by atoms with E-state index in [-0.39, 0.29) is 11.4 Å². The predicted octanol–water partition coefficient (Wildman–Crippen LogP) is 2.96. The number of nitrogens with one attached hydrogen (secondary N) is 1. The molecule has 0 radical (unpaired) electrons. The molecule has 0 aliphatic carbocycles. The first-order valence-electron chi connectivity index (χ1n) is 7.74. The molecule has 1 aliphatic heterocycles. The highest BCUT2D eigenvalue weighted by Crippen LogP contribution is 2.22. The molecule has 0 bridgehead atoms. The van der Waals surface area contributed by atoms with Crippen LogP contribution in [0.25, 0.3) is 0 Å². The van der Waals surface area contributed by atoms with Crippen molar-refractivity contribution in [1.82, 2.24) is 10.2 Å². The minimum atomic E-state index is -0.373. The second-order valence-corrected chi connectivity index (χ2v) is 5.93. The number of carbonyl (C=O) groups excluding carboxylic acids is 1. The zero-order chi connectivity index (χ0) is 14.4. The highest BCUT2D eigenvalue weighted by Gasteiger charge is 2.37. The topological polar surface area (TPSA) is 32.3 Å². The van der Waals surface area contributed by atoms with Crippen molar-refractivity contribution in [2.45, 2.75) is 51.6 Å². The average Bonchev–Trinajstić information content (AvgIpc) is 2.48. The van der Waals surface area contributed by atoms with Crippen LogP contribution >= 0.6 is 0 Å². The lowest BCUT2D eigenvalue weighted by Gasteiger charge is -2.38. The summed E-state index contributed by atoms with van der Waals surface area (Å²) in [7, 11) is 0. The van der Waals surface area contributed by atoms with Crippen LogP contribution < -0.4 is 5.32 Å². The first kappa shape index (κ1) is 15.0. The van der Waals surface area contributed by atoms with Crippen LogP contribution in [0.5, 0.6) is 0 Å². The molecule has 1 heterocycles. The number of amides is 1. The minimum absolute atomic E-state index is 0.253. The smallest absolute Gasteiger partial charge is 0.242 e. The third kappa shape index (κ3) is 3.60. The van der Waals surface area contributed by atoms with Gasteiger partial charge in [-0.1, -0.05) is 37.3 Å². The summed E-state index contributed by atoms with van der Waals surface area (Å²) in [5.41, 5.74) is 0.830.